The molecule has 112 valence electrons. The van der Waals surface area contributed by atoms with Gasteiger partial charge >= 0.3 is 0 Å². The molecule has 2 unspecified atom stereocenters. The maximum atomic E-state index is 5.21. The summed E-state index contributed by atoms with van der Waals surface area (Å²) in [4.78, 5) is 2.63. The van der Waals surface area contributed by atoms with E-state index in [-0.39, 0.29) is 0 Å². The summed E-state index contributed by atoms with van der Waals surface area (Å²) in [5, 5.41) is 3.72. The van der Waals surface area contributed by atoms with Crippen molar-refractivity contribution in [1.82, 2.24) is 10.2 Å². The van der Waals surface area contributed by atoms with Gasteiger partial charge in [-0.25, -0.2) is 0 Å². The van der Waals surface area contributed by atoms with E-state index in [1.807, 2.05) is 0 Å². The van der Waals surface area contributed by atoms with Gasteiger partial charge in [0.05, 0.1) is 0 Å². The van der Waals surface area contributed by atoms with Crippen LogP contribution in [0.15, 0.2) is 30.3 Å². The fourth-order valence-electron chi connectivity index (χ4n) is 3.09. The molecule has 1 fully saturated rings. The molecule has 0 aliphatic carbocycles. The highest BCUT2D eigenvalue weighted by molar-refractivity contribution is 5.20. The van der Waals surface area contributed by atoms with E-state index in [4.69, 9.17) is 4.74 Å². The Kier molecular flexibility index (Phi) is 6.51. The lowest BCUT2D eigenvalue weighted by Gasteiger charge is -2.41. The van der Waals surface area contributed by atoms with Crippen molar-refractivity contribution < 1.29 is 4.74 Å². The van der Waals surface area contributed by atoms with E-state index in [9.17, 15) is 0 Å². The third-order valence-electron chi connectivity index (χ3n) is 4.11. The summed E-state index contributed by atoms with van der Waals surface area (Å²) in [6.07, 6.45) is 3.63. The largest absolute Gasteiger partial charge is 0.385 e. The van der Waals surface area contributed by atoms with Crippen molar-refractivity contribution >= 4 is 0 Å². The van der Waals surface area contributed by atoms with Crippen molar-refractivity contribution in [2.75, 3.05) is 33.4 Å². The average Bonchev–Trinajstić information content (AvgIpc) is 2.49. The molecule has 2 rings (SSSR count). The molecule has 0 radical (unpaired) electrons. The van der Waals surface area contributed by atoms with Gasteiger partial charge in [-0.1, -0.05) is 43.7 Å². The van der Waals surface area contributed by atoms with E-state index in [1.54, 1.807) is 7.11 Å². The molecule has 1 aliphatic rings. The monoisotopic (exact) mass is 276 g/mol. The Bertz CT molecular complexity index is 369. The van der Waals surface area contributed by atoms with Gasteiger partial charge in [0, 0.05) is 45.4 Å². The van der Waals surface area contributed by atoms with Gasteiger partial charge in [0.1, 0.15) is 0 Å². The Balaban J connectivity index is 2.00. The minimum atomic E-state index is 0.501. The number of methoxy groups -OCH3 is 1. The first kappa shape index (κ1) is 15.5. The van der Waals surface area contributed by atoms with Gasteiger partial charge in [0.25, 0.3) is 0 Å². The van der Waals surface area contributed by atoms with E-state index in [0.29, 0.717) is 12.1 Å². The van der Waals surface area contributed by atoms with Gasteiger partial charge in [-0.05, 0) is 18.4 Å². The van der Waals surface area contributed by atoms with Crippen LogP contribution in [0.3, 0.4) is 0 Å². The first-order valence-corrected chi connectivity index (χ1v) is 7.86. The number of hydrogen-bond acceptors (Lipinski definition) is 3. The molecular formula is C17H28N2O. The lowest BCUT2D eigenvalue weighted by Crippen LogP contribution is -2.52. The molecule has 3 nitrogen and oxygen atoms in total. The summed E-state index contributed by atoms with van der Waals surface area (Å²) < 4.78 is 5.21. The Morgan fingerprint density at radius 1 is 1.30 bits per heavy atom. The molecule has 0 spiro atoms. The van der Waals surface area contributed by atoms with Crippen molar-refractivity contribution in [1.29, 1.82) is 0 Å². The standard InChI is InChI=1S/C17H28N2O/c1-3-8-16-14-19(11-7-12-20-2)17(13-18-16)15-9-5-4-6-10-15/h4-6,9-10,16-18H,3,7-8,11-14H2,1-2H3. The summed E-state index contributed by atoms with van der Waals surface area (Å²) in [6.45, 7) is 6.44. The molecular weight excluding hydrogens is 248 g/mol. The highest BCUT2D eigenvalue weighted by Gasteiger charge is 2.27. The summed E-state index contributed by atoms with van der Waals surface area (Å²) >= 11 is 0. The van der Waals surface area contributed by atoms with E-state index in [0.717, 1.165) is 32.7 Å². The van der Waals surface area contributed by atoms with Crippen LogP contribution in [0.4, 0.5) is 0 Å². The predicted octanol–water partition coefficient (Wildman–Crippen LogP) is 2.84. The maximum absolute atomic E-state index is 5.21. The minimum absolute atomic E-state index is 0.501. The van der Waals surface area contributed by atoms with Gasteiger partial charge < -0.3 is 10.1 Å². The molecule has 2 atom stereocenters. The Morgan fingerprint density at radius 2 is 2.10 bits per heavy atom. The van der Waals surface area contributed by atoms with Crippen LogP contribution >= 0.6 is 0 Å². The summed E-state index contributed by atoms with van der Waals surface area (Å²) in [7, 11) is 1.78. The fourth-order valence-corrected chi connectivity index (χ4v) is 3.09. The first-order valence-electron chi connectivity index (χ1n) is 7.86. The highest BCUT2D eigenvalue weighted by Crippen LogP contribution is 2.24. The van der Waals surface area contributed by atoms with Crippen LogP contribution in [0.2, 0.25) is 0 Å². The van der Waals surface area contributed by atoms with Crippen molar-refractivity contribution in [3.05, 3.63) is 35.9 Å². The minimum Gasteiger partial charge on any atom is -0.385 e. The second-order valence-corrected chi connectivity index (χ2v) is 5.66. The lowest BCUT2D eigenvalue weighted by atomic mass is 9.99. The average molecular weight is 276 g/mol. The number of nitrogens with zero attached hydrogens (tertiary/aromatic N) is 1. The van der Waals surface area contributed by atoms with Crippen molar-refractivity contribution in [3.63, 3.8) is 0 Å². The molecule has 0 bridgehead atoms. The quantitative estimate of drug-likeness (QED) is 0.775. The van der Waals surface area contributed by atoms with Gasteiger partial charge in [0.15, 0.2) is 0 Å². The lowest BCUT2D eigenvalue weighted by molar-refractivity contribution is 0.107. The fraction of sp³-hybridized carbons (Fsp3) is 0.647. The van der Waals surface area contributed by atoms with Crippen LogP contribution in [-0.2, 0) is 4.74 Å². The van der Waals surface area contributed by atoms with Crippen LogP contribution in [0, 0.1) is 0 Å². The highest BCUT2D eigenvalue weighted by atomic mass is 16.5. The topological polar surface area (TPSA) is 24.5 Å². The second kappa shape index (κ2) is 8.40. The zero-order chi connectivity index (χ0) is 14.2. The number of hydrogen-bond donors (Lipinski definition) is 1. The van der Waals surface area contributed by atoms with E-state index >= 15 is 0 Å². The van der Waals surface area contributed by atoms with Gasteiger partial charge in [-0.15, -0.1) is 0 Å². The molecule has 0 amide bonds. The molecule has 1 aliphatic heterocycles. The van der Waals surface area contributed by atoms with Crippen LogP contribution < -0.4 is 5.32 Å². The molecule has 20 heavy (non-hydrogen) atoms. The molecule has 1 heterocycles. The molecule has 0 aromatic heterocycles. The molecule has 1 saturated heterocycles. The van der Waals surface area contributed by atoms with Gasteiger partial charge in [-0.2, -0.15) is 0 Å². The molecule has 0 saturated carbocycles. The SMILES string of the molecule is CCCC1CN(CCCOC)C(c2ccccc2)CN1. The second-order valence-electron chi connectivity index (χ2n) is 5.66. The predicted molar refractivity (Wildman–Crippen MR) is 83.9 cm³/mol. The summed E-state index contributed by atoms with van der Waals surface area (Å²) in [6, 6.07) is 12.0. The van der Waals surface area contributed by atoms with Crippen molar-refractivity contribution in [3.8, 4) is 0 Å². The third-order valence-corrected chi connectivity index (χ3v) is 4.11. The third kappa shape index (κ3) is 4.30. The smallest absolute Gasteiger partial charge is 0.0474 e. The zero-order valence-electron chi connectivity index (χ0n) is 12.8. The molecule has 1 N–H and O–H groups in total. The Labute approximate surface area is 123 Å². The first-order chi connectivity index (χ1) is 9.85. The van der Waals surface area contributed by atoms with Crippen LogP contribution in [-0.4, -0.2) is 44.3 Å². The normalized spacial score (nSPS) is 23.9. The maximum Gasteiger partial charge on any atom is 0.0474 e. The summed E-state index contributed by atoms with van der Waals surface area (Å²) in [5.41, 5.74) is 1.42. The molecule has 3 heteroatoms. The number of benzene rings is 1. The van der Waals surface area contributed by atoms with Crippen LogP contribution in [0.5, 0.6) is 0 Å². The number of nitrogens with one attached hydrogen (secondary N) is 1. The van der Waals surface area contributed by atoms with Crippen LogP contribution in [0.25, 0.3) is 0 Å². The van der Waals surface area contributed by atoms with Crippen molar-refractivity contribution in [2.45, 2.75) is 38.3 Å². The van der Waals surface area contributed by atoms with Crippen LogP contribution in [0.1, 0.15) is 37.8 Å². The number of rotatable bonds is 7. The Hall–Kier alpha value is -0.900. The van der Waals surface area contributed by atoms with E-state index in [1.165, 1.54) is 18.4 Å². The molecule has 1 aromatic carbocycles. The number of piperazine rings is 1. The van der Waals surface area contributed by atoms with E-state index < -0.39 is 0 Å². The van der Waals surface area contributed by atoms with Gasteiger partial charge in [-0.3, -0.25) is 4.90 Å². The number of ether oxygens (including phenoxy) is 1. The van der Waals surface area contributed by atoms with Crippen molar-refractivity contribution in [2.24, 2.45) is 0 Å². The summed E-state index contributed by atoms with van der Waals surface area (Å²) in [5.74, 6) is 0. The van der Waals surface area contributed by atoms with E-state index in [2.05, 4.69) is 47.5 Å². The zero-order valence-corrected chi connectivity index (χ0v) is 12.8. The Morgan fingerprint density at radius 3 is 2.80 bits per heavy atom. The van der Waals surface area contributed by atoms with Gasteiger partial charge in [0.2, 0.25) is 0 Å². The molecule has 1 aromatic rings.